The summed E-state index contributed by atoms with van der Waals surface area (Å²) in [4.78, 5) is 151. The van der Waals surface area contributed by atoms with Crippen molar-refractivity contribution in [3.8, 4) is 0 Å². The van der Waals surface area contributed by atoms with E-state index in [0.29, 0.717) is 73.0 Å². The highest BCUT2D eigenvalue weighted by atomic mass is 32.2. The molecule has 24 heteroatoms. The number of aliphatic hydroxyl groups is 2. The molecule has 4 bridgehead atoms. The zero-order valence-corrected chi connectivity index (χ0v) is 63.4. The van der Waals surface area contributed by atoms with E-state index in [2.05, 4.69) is 41.7 Å². The second-order valence-electron chi connectivity index (χ2n) is 27.0. The van der Waals surface area contributed by atoms with Crippen molar-refractivity contribution < 1.29 is 82.0 Å². The van der Waals surface area contributed by atoms with Crippen LogP contribution in [0.25, 0.3) is 0 Å². The topological polar surface area (TPSA) is 361 Å². The maximum Gasteiger partial charge on any atom is 0.405 e. The molecule has 0 saturated heterocycles. The number of allylic oxidation sites excluding steroid dienone is 12. The third kappa shape index (κ3) is 28.7. The van der Waals surface area contributed by atoms with Gasteiger partial charge in [-0.05, 0) is 128 Å². The summed E-state index contributed by atoms with van der Waals surface area (Å²) in [5, 5.41) is 30.3. The number of esters is 1. The van der Waals surface area contributed by atoms with Gasteiger partial charge >= 0.3 is 18.2 Å². The number of methoxy groups -OCH3 is 1. The second kappa shape index (κ2) is 43.7. The van der Waals surface area contributed by atoms with Crippen LogP contribution < -0.4 is 27.4 Å². The highest BCUT2D eigenvalue weighted by Crippen LogP contribution is 2.39. The predicted molar refractivity (Wildman–Crippen MR) is 396 cm³/mol. The molecule has 4 aliphatic rings. The van der Waals surface area contributed by atoms with Gasteiger partial charge in [0.25, 0.3) is 11.8 Å². The Morgan fingerprint density at radius 3 is 1.51 bits per heavy atom. The monoisotopic (exact) mass is 1440 g/mol. The number of thiol groups is 1. The molecule has 0 aromatic heterocycles. The number of ether oxygens (including phenoxy) is 3. The molecule has 556 valence electrons. The van der Waals surface area contributed by atoms with Gasteiger partial charge in [0.2, 0.25) is 17.5 Å². The standard InChI is InChI=1S/C38H53N3O9S.C32H44N2O6.C7H12O2S/c1-10-11-15-27-28-17-20(2)16-23(5)31(43)24(6)18-25(7)34(50-38(39)48)21(3)13-12-14-22(4)36(46)41-30(32(28)44)35(33(27)45)51-19-29(37(47)49-9)40-26(8)42;1-8-9-13-24-25-15-18(2)14-21(5)28(36)22(6)16-23(7)30(40-32(33)39)19(3)11-10-12-20(4)31(38)34-26(29(25)37)17-27(24)35;1-5(8)3-7(4-10)6(2)9/h10,12-14,18,20-21,23-24,29,31,34,43H,1,11,15-17,19H2,2-9H3,(H2,39,48)(H,40,42)(H,41,46);8,10-12,16-19,21-22,28,30,36H,1,9,13-15H2,2-7H3,(H2,33,39)(H,34,38);7,10H,3-4H2,1-2H3/b13-12-,22-14+,25-18+;11-10-,20-12+,23-16+;/t20-,21-,23-,24-,29-,31-,34+;18-,19-,21-,22-,28-,30+;7-/m000/s1. The van der Waals surface area contributed by atoms with Crippen LogP contribution in [0, 0.1) is 53.3 Å². The number of hydrogen-bond donors (Lipinski definition) is 8. The SMILES string of the molecule is C=CCCC1=C2C[C@@H](C)C[C@H](C)[C@H](O)[C@@H](C)/C=C(\C)[C@H](OC(N)=O)[C@@H](C)/C=C\C=C(/C)C(=O)NC(=C(SC[C@H](NC(C)=O)C(=O)OC)C1=O)C2=O.C=CCCC1=C2C[C@@H](C)C[C@H](C)[C@H](O)[C@@H](C)/C=C(\C)[C@H](OC(N)=O)[C@@H](C)/C=C\C=C(/C)C(=O)NC(=CC1=O)C2=O.CC(=O)C[C@@H](CS)C(C)=O. The van der Waals surface area contributed by atoms with E-state index >= 15 is 0 Å². The first-order valence-corrected chi connectivity index (χ1v) is 35.7. The van der Waals surface area contributed by atoms with E-state index in [1.807, 2.05) is 74.5 Å². The molecule has 0 radical (unpaired) electrons. The summed E-state index contributed by atoms with van der Waals surface area (Å²) in [6.45, 7) is 33.7. The molecule has 14 atom stereocenters. The number of carbonyl (C=O) groups excluding carboxylic acids is 12. The van der Waals surface area contributed by atoms with Crippen molar-refractivity contribution >= 4 is 95.0 Å². The fourth-order valence-corrected chi connectivity index (χ4v) is 13.9. The first kappa shape index (κ1) is 89.0. The van der Waals surface area contributed by atoms with E-state index in [4.69, 9.17) is 25.7 Å². The molecule has 9 N–H and O–H groups in total. The van der Waals surface area contributed by atoms with Crippen LogP contribution in [0.4, 0.5) is 9.59 Å². The van der Waals surface area contributed by atoms with Crippen molar-refractivity contribution in [1.29, 1.82) is 0 Å². The first-order chi connectivity index (χ1) is 47.3. The maximum atomic E-state index is 14.4. The van der Waals surface area contributed by atoms with Crippen LogP contribution in [0.15, 0.2) is 141 Å². The fourth-order valence-electron chi connectivity index (χ4n) is 12.4. The third-order valence-corrected chi connectivity index (χ3v) is 19.4. The van der Waals surface area contributed by atoms with Gasteiger partial charge in [-0.2, -0.15) is 12.6 Å². The molecule has 22 nitrogen and oxygen atoms in total. The van der Waals surface area contributed by atoms with Gasteiger partial charge in [0.1, 0.15) is 35.5 Å². The number of primary amides is 2. The molecule has 101 heavy (non-hydrogen) atoms. The van der Waals surface area contributed by atoms with Crippen LogP contribution in [-0.4, -0.2) is 130 Å². The van der Waals surface area contributed by atoms with E-state index < -0.39 is 77.9 Å². The van der Waals surface area contributed by atoms with E-state index in [9.17, 15) is 67.7 Å². The highest BCUT2D eigenvalue weighted by Gasteiger charge is 2.39. The van der Waals surface area contributed by atoms with Crippen LogP contribution in [-0.2, 0) is 62.2 Å². The number of nitrogens with two attached hydrogens (primary N) is 2. The number of amides is 5. The first-order valence-electron chi connectivity index (χ1n) is 34.1. The smallest absolute Gasteiger partial charge is 0.405 e. The highest BCUT2D eigenvalue weighted by molar-refractivity contribution is 8.04. The molecule has 0 spiro atoms. The second-order valence-corrected chi connectivity index (χ2v) is 28.4. The van der Waals surface area contributed by atoms with Gasteiger partial charge in [0.05, 0.1) is 29.9 Å². The molecule has 0 fully saturated rings. The minimum Gasteiger partial charge on any atom is -0.467 e. The lowest BCUT2D eigenvalue weighted by Crippen LogP contribution is -2.42. The predicted octanol–water partition coefficient (Wildman–Crippen LogP) is 10.9. The van der Waals surface area contributed by atoms with E-state index in [1.54, 1.807) is 63.3 Å². The molecule has 2 aliphatic carbocycles. The molecule has 4 rings (SSSR count). The summed E-state index contributed by atoms with van der Waals surface area (Å²) in [6.07, 6.45) is 17.1. The van der Waals surface area contributed by atoms with Crippen molar-refractivity contribution in [1.82, 2.24) is 16.0 Å². The Balaban J connectivity index is 0.000000616. The van der Waals surface area contributed by atoms with E-state index in [-0.39, 0.29) is 128 Å². The van der Waals surface area contributed by atoms with Gasteiger partial charge in [-0.25, -0.2) is 14.4 Å². The molecular weight excluding hydrogens is 1330 g/mol. The van der Waals surface area contributed by atoms with Crippen molar-refractivity contribution in [3.05, 3.63) is 141 Å². The largest absolute Gasteiger partial charge is 0.467 e. The number of hydrogen-bond acceptors (Lipinski definition) is 19. The van der Waals surface area contributed by atoms with Crippen LogP contribution in [0.2, 0.25) is 0 Å². The van der Waals surface area contributed by atoms with Crippen molar-refractivity contribution in [2.45, 2.75) is 192 Å². The lowest BCUT2D eigenvalue weighted by molar-refractivity contribution is -0.144. The third-order valence-electron chi connectivity index (χ3n) is 17.8. The Morgan fingerprint density at radius 1 is 0.673 bits per heavy atom. The summed E-state index contributed by atoms with van der Waals surface area (Å²) in [5.74, 6) is -5.55. The molecule has 0 saturated carbocycles. The Hall–Kier alpha value is -8.06. The minimum atomic E-state index is -1.13. The Morgan fingerprint density at radius 2 is 1.12 bits per heavy atom. The molecule has 2 aliphatic heterocycles. The molecular formula is C77H109N5O17S2. The number of fused-ring (bicyclic) bond motifs is 4. The summed E-state index contributed by atoms with van der Waals surface area (Å²) in [6, 6.07) is -1.13. The van der Waals surface area contributed by atoms with Gasteiger partial charge < -0.3 is 56.6 Å². The average molecular weight is 1440 g/mol. The normalized spacial score (nSPS) is 28.7. The molecule has 0 aromatic rings. The van der Waals surface area contributed by atoms with Gasteiger partial charge in [-0.1, -0.05) is 116 Å². The van der Waals surface area contributed by atoms with E-state index in [1.165, 1.54) is 40.0 Å². The number of Topliss-reactive ketones (excluding diaryl/α,β-unsaturated/α-hetero) is 5. The zero-order valence-electron chi connectivity index (χ0n) is 61.7. The van der Waals surface area contributed by atoms with Crippen LogP contribution in [0.5, 0.6) is 0 Å². The van der Waals surface area contributed by atoms with Crippen LogP contribution in [0.1, 0.15) is 162 Å². The minimum absolute atomic E-state index is 0.0265. The van der Waals surface area contributed by atoms with Crippen molar-refractivity contribution in [3.63, 3.8) is 0 Å². The van der Waals surface area contributed by atoms with Crippen molar-refractivity contribution in [2.24, 2.45) is 64.7 Å². The average Bonchev–Trinajstić information content (AvgIpc) is 0.889. The Labute approximate surface area is 606 Å². The lowest BCUT2D eigenvalue weighted by atomic mass is 9.80. The number of nitrogens with one attached hydrogen (secondary N) is 3. The molecule has 2 heterocycles. The van der Waals surface area contributed by atoms with Gasteiger partial charge in [0, 0.05) is 94.0 Å². The summed E-state index contributed by atoms with van der Waals surface area (Å²) >= 11 is 4.83. The van der Waals surface area contributed by atoms with Crippen molar-refractivity contribution in [2.75, 3.05) is 18.6 Å². The molecule has 0 unspecified atom stereocenters. The van der Waals surface area contributed by atoms with Crippen LogP contribution in [0.3, 0.4) is 0 Å². The summed E-state index contributed by atoms with van der Waals surface area (Å²) in [5.41, 5.74) is 13.9. The van der Waals surface area contributed by atoms with E-state index in [0.717, 1.165) is 17.3 Å². The summed E-state index contributed by atoms with van der Waals surface area (Å²) in [7, 11) is 1.17. The Bertz CT molecular complexity index is 3440. The zero-order chi connectivity index (χ0) is 76.9. The number of carbonyl (C=O) groups is 12. The number of ketones is 6. The Kier molecular flexibility index (Phi) is 38.5. The number of aliphatic hydroxyl groups excluding tert-OH is 2. The maximum absolute atomic E-state index is 14.4. The lowest BCUT2D eigenvalue weighted by Gasteiger charge is -2.29. The van der Waals surface area contributed by atoms with Gasteiger partial charge in [-0.3, -0.25) is 38.4 Å². The number of thioether (sulfide) groups is 1. The molecule has 5 amide bonds. The van der Waals surface area contributed by atoms with Crippen LogP contribution >= 0.6 is 24.4 Å². The number of rotatable bonds is 17. The van der Waals surface area contributed by atoms with Gasteiger partial charge in [-0.15, -0.1) is 24.9 Å². The molecule has 0 aromatic carbocycles. The fraction of sp³-hybridized carbons (Fsp3) is 0.532. The summed E-state index contributed by atoms with van der Waals surface area (Å²) < 4.78 is 15.7. The van der Waals surface area contributed by atoms with Gasteiger partial charge in [0.15, 0.2) is 11.6 Å². The quantitative estimate of drug-likeness (QED) is 0.0220.